The molecule has 0 radical (unpaired) electrons. The maximum Gasteiger partial charge on any atom is 0.243 e. The average molecular weight is 498 g/mol. The van der Waals surface area contributed by atoms with Crippen molar-refractivity contribution in [2.45, 2.75) is 90.5 Å². The summed E-state index contributed by atoms with van der Waals surface area (Å²) in [6, 6.07) is -0.247. The van der Waals surface area contributed by atoms with Gasteiger partial charge in [0.25, 0.3) is 0 Å². The minimum atomic E-state index is -0.247. The second kappa shape index (κ2) is 14.0. The monoisotopic (exact) mass is 497 g/mol. The van der Waals surface area contributed by atoms with Crippen LogP contribution < -0.4 is 11.1 Å². The lowest BCUT2D eigenvalue weighted by Gasteiger charge is -2.41. The molecular weight excluding hydrogens is 446 g/mol. The van der Waals surface area contributed by atoms with Gasteiger partial charge in [0.15, 0.2) is 0 Å². The van der Waals surface area contributed by atoms with Crippen molar-refractivity contribution in [3.63, 3.8) is 0 Å². The number of likely N-dealkylation sites (tertiary alicyclic amines) is 2. The number of rotatable bonds is 12. The Morgan fingerprint density at radius 3 is 2.56 bits per heavy atom. The van der Waals surface area contributed by atoms with Crippen molar-refractivity contribution in [2.24, 2.45) is 23.5 Å². The van der Waals surface area contributed by atoms with Gasteiger partial charge in [-0.2, -0.15) is 0 Å². The van der Waals surface area contributed by atoms with E-state index in [1.165, 1.54) is 70.9 Å². The van der Waals surface area contributed by atoms with Gasteiger partial charge in [-0.15, -0.1) is 0 Å². The second-order valence-electron chi connectivity index (χ2n) is 11.3. The van der Waals surface area contributed by atoms with E-state index in [0.717, 1.165) is 36.7 Å². The Hall–Kier alpha value is -2.08. The number of carbonyl (C=O) groups is 1. The molecule has 4 N–H and O–H groups in total. The number of allylic oxidation sites excluding steroid dienone is 1. The lowest BCUT2D eigenvalue weighted by molar-refractivity contribution is -0.125. The van der Waals surface area contributed by atoms with Crippen molar-refractivity contribution < 1.29 is 4.79 Å². The molecule has 3 fully saturated rings. The highest BCUT2D eigenvalue weighted by Gasteiger charge is 2.40. The van der Waals surface area contributed by atoms with Gasteiger partial charge < -0.3 is 20.9 Å². The smallest absolute Gasteiger partial charge is 0.243 e. The van der Waals surface area contributed by atoms with Crippen LogP contribution in [-0.4, -0.2) is 60.3 Å². The topological polar surface area (TPSA) is 85.5 Å². The Kier molecular flexibility index (Phi) is 11.1. The largest absolute Gasteiger partial charge is 0.384 e. The molecular formula is C30H51N5O. The van der Waals surface area contributed by atoms with Crippen molar-refractivity contribution in [2.75, 3.05) is 32.7 Å². The molecule has 6 heteroatoms. The molecule has 0 aromatic carbocycles. The van der Waals surface area contributed by atoms with Crippen LogP contribution in [0.1, 0.15) is 84.5 Å². The van der Waals surface area contributed by atoms with E-state index in [2.05, 4.69) is 42.1 Å². The summed E-state index contributed by atoms with van der Waals surface area (Å²) in [6.07, 6.45) is 14.9. The van der Waals surface area contributed by atoms with Gasteiger partial charge in [0.2, 0.25) is 5.91 Å². The van der Waals surface area contributed by atoms with Crippen molar-refractivity contribution in [1.29, 1.82) is 5.41 Å². The van der Waals surface area contributed by atoms with Gasteiger partial charge in [0.1, 0.15) is 11.9 Å². The molecule has 1 saturated carbocycles. The third-order valence-corrected chi connectivity index (χ3v) is 8.78. The molecule has 3 rings (SSSR count). The molecule has 4 atom stereocenters. The lowest BCUT2D eigenvalue weighted by Crippen LogP contribution is -2.46. The van der Waals surface area contributed by atoms with Gasteiger partial charge in [0, 0.05) is 30.8 Å². The summed E-state index contributed by atoms with van der Waals surface area (Å²) in [4.78, 5) is 18.3. The van der Waals surface area contributed by atoms with E-state index in [1.807, 2.05) is 6.08 Å². The number of amidine groups is 1. The summed E-state index contributed by atoms with van der Waals surface area (Å²) in [5, 5.41) is 11.1. The summed E-state index contributed by atoms with van der Waals surface area (Å²) in [6.45, 7) is 17.9. The van der Waals surface area contributed by atoms with Gasteiger partial charge in [-0.1, -0.05) is 65.5 Å². The highest BCUT2D eigenvalue weighted by molar-refractivity contribution is 5.96. The minimum absolute atomic E-state index is 0.0339. The van der Waals surface area contributed by atoms with E-state index in [0.29, 0.717) is 30.4 Å². The van der Waals surface area contributed by atoms with E-state index in [4.69, 9.17) is 11.1 Å². The van der Waals surface area contributed by atoms with E-state index < -0.39 is 0 Å². The SMILES string of the molecule is C=C(/C=C1\C(=C)CC(C(=O)NCCCN2CCCCC2)N1CC1CCCC(CC)C1CCC)C(=N)N. The van der Waals surface area contributed by atoms with Gasteiger partial charge in [-0.05, 0) is 74.7 Å². The van der Waals surface area contributed by atoms with Crippen LogP contribution in [0.2, 0.25) is 0 Å². The quantitative estimate of drug-likeness (QED) is 0.196. The van der Waals surface area contributed by atoms with Crippen LogP contribution in [0.3, 0.4) is 0 Å². The number of nitrogens with zero attached hydrogens (tertiary/aromatic N) is 2. The Bertz CT molecular complexity index is 812. The Morgan fingerprint density at radius 1 is 1.17 bits per heavy atom. The lowest BCUT2D eigenvalue weighted by atomic mass is 9.69. The number of amides is 1. The number of hydrogen-bond donors (Lipinski definition) is 3. The summed E-state index contributed by atoms with van der Waals surface area (Å²) in [5.74, 6) is 2.11. The van der Waals surface area contributed by atoms with Crippen LogP contribution in [-0.2, 0) is 4.79 Å². The van der Waals surface area contributed by atoms with Crippen LogP contribution in [0.15, 0.2) is 36.1 Å². The normalized spacial score (nSPS) is 28.4. The molecule has 36 heavy (non-hydrogen) atoms. The van der Waals surface area contributed by atoms with Gasteiger partial charge >= 0.3 is 0 Å². The van der Waals surface area contributed by atoms with E-state index in [-0.39, 0.29) is 17.8 Å². The predicted molar refractivity (Wildman–Crippen MR) is 151 cm³/mol. The maximum atomic E-state index is 13.5. The fraction of sp³-hybridized carbons (Fsp3) is 0.733. The molecule has 4 unspecified atom stereocenters. The fourth-order valence-corrected chi connectivity index (χ4v) is 6.77. The zero-order chi connectivity index (χ0) is 26.1. The first-order valence-corrected chi connectivity index (χ1v) is 14.6. The predicted octanol–water partition coefficient (Wildman–Crippen LogP) is 5.23. The van der Waals surface area contributed by atoms with E-state index in [1.54, 1.807) is 0 Å². The summed E-state index contributed by atoms with van der Waals surface area (Å²) in [7, 11) is 0. The van der Waals surface area contributed by atoms with E-state index >= 15 is 0 Å². The molecule has 0 spiro atoms. The van der Waals surface area contributed by atoms with Crippen LogP contribution in [0.25, 0.3) is 0 Å². The van der Waals surface area contributed by atoms with Gasteiger partial charge in [-0.25, -0.2) is 0 Å². The average Bonchev–Trinajstić information content (AvgIpc) is 3.18. The molecule has 6 nitrogen and oxygen atoms in total. The fourth-order valence-electron chi connectivity index (χ4n) is 6.77. The Balaban J connectivity index is 1.72. The number of nitrogens with one attached hydrogen (secondary N) is 2. The summed E-state index contributed by atoms with van der Waals surface area (Å²) >= 11 is 0. The third kappa shape index (κ3) is 7.47. The summed E-state index contributed by atoms with van der Waals surface area (Å²) < 4.78 is 0. The van der Waals surface area contributed by atoms with Crippen molar-refractivity contribution >= 4 is 11.7 Å². The molecule has 3 aliphatic rings. The zero-order valence-electron chi connectivity index (χ0n) is 23.0. The number of nitrogens with two attached hydrogens (primary N) is 1. The van der Waals surface area contributed by atoms with Crippen LogP contribution >= 0.6 is 0 Å². The molecule has 2 saturated heterocycles. The van der Waals surface area contributed by atoms with Crippen LogP contribution in [0.5, 0.6) is 0 Å². The first-order chi connectivity index (χ1) is 17.3. The maximum absolute atomic E-state index is 13.5. The highest BCUT2D eigenvalue weighted by Crippen LogP contribution is 2.42. The van der Waals surface area contributed by atoms with Crippen molar-refractivity contribution in [3.05, 3.63) is 36.1 Å². The highest BCUT2D eigenvalue weighted by atomic mass is 16.2. The Morgan fingerprint density at radius 2 is 1.89 bits per heavy atom. The van der Waals surface area contributed by atoms with E-state index in [9.17, 15) is 4.79 Å². The molecule has 1 amide bonds. The molecule has 202 valence electrons. The number of hydrogen-bond acceptors (Lipinski definition) is 4. The van der Waals surface area contributed by atoms with Crippen LogP contribution in [0.4, 0.5) is 0 Å². The van der Waals surface area contributed by atoms with Gasteiger partial charge in [-0.3, -0.25) is 10.2 Å². The Labute approximate surface area is 219 Å². The second-order valence-corrected chi connectivity index (χ2v) is 11.3. The first-order valence-electron chi connectivity index (χ1n) is 14.6. The molecule has 0 bridgehead atoms. The molecule has 0 aromatic heterocycles. The molecule has 1 aliphatic carbocycles. The molecule has 2 aliphatic heterocycles. The summed E-state index contributed by atoms with van der Waals surface area (Å²) in [5.41, 5.74) is 8.10. The number of carbonyl (C=O) groups excluding carboxylic acids is 1. The van der Waals surface area contributed by atoms with Crippen molar-refractivity contribution in [1.82, 2.24) is 15.1 Å². The molecule has 0 aromatic rings. The molecule has 2 heterocycles. The number of piperidine rings is 1. The van der Waals surface area contributed by atoms with Crippen molar-refractivity contribution in [3.8, 4) is 0 Å². The first kappa shape index (κ1) is 28.5. The zero-order valence-corrected chi connectivity index (χ0v) is 23.0. The van der Waals surface area contributed by atoms with Gasteiger partial charge in [0.05, 0.1) is 0 Å². The van der Waals surface area contributed by atoms with Crippen LogP contribution in [0, 0.1) is 23.2 Å². The standard InChI is InChI=1S/C30H51N5O/c1-5-12-26-24(6-2)13-10-14-25(26)21-35-27(20-23(4)29(31)32)22(3)19-28(35)30(36)33-15-11-18-34-16-8-7-9-17-34/h20,24-26,28H,3-19,21H2,1-2H3,(H3,31,32)(H,33,36)/b27-20+. The third-order valence-electron chi connectivity index (χ3n) is 8.78. The minimum Gasteiger partial charge on any atom is -0.384 e.